The minimum absolute atomic E-state index is 0.165. The summed E-state index contributed by atoms with van der Waals surface area (Å²) in [6.07, 6.45) is 0.781. The Hall–Kier alpha value is -3.02. The molecule has 2 N–H and O–H groups in total. The molecule has 31 heavy (non-hydrogen) atoms. The topological polar surface area (TPSA) is 67.4 Å². The fraction of sp³-hybridized carbons (Fsp3) is 0.167. The van der Waals surface area contributed by atoms with Crippen LogP contribution in [0.4, 0.5) is 11.4 Å². The molecule has 160 valence electrons. The van der Waals surface area contributed by atoms with Gasteiger partial charge in [-0.15, -0.1) is 0 Å². The van der Waals surface area contributed by atoms with Crippen molar-refractivity contribution >= 4 is 46.4 Å². The normalized spacial score (nSPS) is 10.4. The van der Waals surface area contributed by atoms with Crippen molar-refractivity contribution in [2.75, 3.05) is 17.2 Å². The van der Waals surface area contributed by atoms with Gasteiger partial charge >= 0.3 is 0 Å². The van der Waals surface area contributed by atoms with Gasteiger partial charge in [-0.1, -0.05) is 41.4 Å². The second kappa shape index (κ2) is 10.8. The van der Waals surface area contributed by atoms with Gasteiger partial charge in [0, 0.05) is 28.4 Å². The summed E-state index contributed by atoms with van der Waals surface area (Å²) in [5, 5.41) is 6.63. The highest BCUT2D eigenvalue weighted by Gasteiger charge is 2.09. The first-order valence-corrected chi connectivity index (χ1v) is 10.5. The van der Waals surface area contributed by atoms with E-state index in [1.54, 1.807) is 42.5 Å². The van der Waals surface area contributed by atoms with Gasteiger partial charge in [0.2, 0.25) is 5.91 Å². The number of amides is 2. The number of nitrogens with one attached hydrogen (secondary N) is 2. The Bertz CT molecular complexity index is 1090. The van der Waals surface area contributed by atoms with E-state index < -0.39 is 0 Å². The molecule has 7 heteroatoms. The number of halogens is 2. The van der Waals surface area contributed by atoms with Crippen LogP contribution in [0.2, 0.25) is 10.0 Å². The van der Waals surface area contributed by atoms with Crippen molar-refractivity contribution in [3.05, 3.63) is 87.9 Å². The van der Waals surface area contributed by atoms with Gasteiger partial charge in [0.25, 0.3) is 5.91 Å². The van der Waals surface area contributed by atoms with E-state index in [9.17, 15) is 9.59 Å². The highest BCUT2D eigenvalue weighted by atomic mass is 35.5. The molecule has 0 atom stereocenters. The molecular formula is C24H22Cl2N2O3. The van der Waals surface area contributed by atoms with Crippen LogP contribution in [0.5, 0.6) is 5.75 Å². The van der Waals surface area contributed by atoms with E-state index >= 15 is 0 Å². The van der Waals surface area contributed by atoms with Gasteiger partial charge in [-0.2, -0.15) is 0 Å². The molecule has 0 aliphatic rings. The number of hydrogen-bond acceptors (Lipinski definition) is 3. The molecule has 0 aromatic heterocycles. The lowest BCUT2D eigenvalue weighted by Crippen LogP contribution is -2.15. The van der Waals surface area contributed by atoms with Gasteiger partial charge in [-0.05, 0) is 67.4 Å². The third-order valence-corrected chi connectivity index (χ3v) is 4.91. The molecule has 3 aromatic rings. The number of carbonyl (C=O) groups excluding carboxylic acids is 2. The molecule has 0 fully saturated rings. The molecular weight excluding hydrogens is 435 g/mol. The number of carbonyl (C=O) groups is 2. The number of rotatable bonds is 8. The molecule has 0 unspecified atom stereocenters. The molecule has 0 heterocycles. The fourth-order valence-corrected chi connectivity index (χ4v) is 3.36. The highest BCUT2D eigenvalue weighted by molar-refractivity contribution is 6.35. The minimum atomic E-state index is -0.241. The quantitative estimate of drug-likeness (QED) is 0.387. The molecule has 0 saturated heterocycles. The van der Waals surface area contributed by atoms with E-state index in [1.807, 2.05) is 31.2 Å². The first-order valence-electron chi connectivity index (χ1n) is 9.76. The van der Waals surface area contributed by atoms with Crippen molar-refractivity contribution in [2.45, 2.75) is 19.8 Å². The molecule has 0 spiro atoms. The molecule has 0 aliphatic carbocycles. The van der Waals surface area contributed by atoms with E-state index in [4.69, 9.17) is 27.9 Å². The Morgan fingerprint density at radius 2 is 1.65 bits per heavy atom. The summed E-state index contributed by atoms with van der Waals surface area (Å²) in [5.41, 5.74) is 2.80. The largest absolute Gasteiger partial charge is 0.492 e. The summed E-state index contributed by atoms with van der Waals surface area (Å²) < 4.78 is 5.58. The van der Waals surface area contributed by atoms with Gasteiger partial charge in [-0.25, -0.2) is 0 Å². The van der Waals surface area contributed by atoms with Crippen LogP contribution in [-0.2, 0) is 4.79 Å². The van der Waals surface area contributed by atoms with Crippen LogP contribution in [0.25, 0.3) is 0 Å². The maximum absolute atomic E-state index is 12.5. The first-order chi connectivity index (χ1) is 14.9. The van der Waals surface area contributed by atoms with Crippen LogP contribution in [-0.4, -0.2) is 18.4 Å². The Labute approximate surface area is 191 Å². The zero-order chi connectivity index (χ0) is 22.2. The SMILES string of the molecule is Cc1cccc(NC(=O)c2cccc(NC(=O)CCCOc3ccc(Cl)cc3Cl)c2)c1. The summed E-state index contributed by atoms with van der Waals surface area (Å²) in [6, 6.07) is 19.4. The Kier molecular flexibility index (Phi) is 7.93. The molecule has 0 radical (unpaired) electrons. The van der Waals surface area contributed by atoms with E-state index in [0.29, 0.717) is 40.1 Å². The van der Waals surface area contributed by atoms with Crippen LogP contribution in [0, 0.1) is 6.92 Å². The maximum Gasteiger partial charge on any atom is 0.255 e. The molecule has 2 amide bonds. The summed E-state index contributed by atoms with van der Waals surface area (Å²) in [5.74, 6) is 0.121. The van der Waals surface area contributed by atoms with Crippen LogP contribution in [0.1, 0.15) is 28.8 Å². The Balaban J connectivity index is 1.48. The maximum atomic E-state index is 12.5. The Morgan fingerprint density at radius 3 is 2.39 bits per heavy atom. The van der Waals surface area contributed by atoms with Gasteiger partial charge in [-0.3, -0.25) is 9.59 Å². The highest BCUT2D eigenvalue weighted by Crippen LogP contribution is 2.27. The molecule has 3 rings (SSSR count). The van der Waals surface area contributed by atoms with Gasteiger partial charge in [0.15, 0.2) is 0 Å². The molecule has 0 bridgehead atoms. The number of hydrogen-bond donors (Lipinski definition) is 2. The van der Waals surface area contributed by atoms with Gasteiger partial charge < -0.3 is 15.4 Å². The van der Waals surface area contributed by atoms with Crippen molar-refractivity contribution in [1.29, 1.82) is 0 Å². The van der Waals surface area contributed by atoms with Crippen molar-refractivity contribution in [1.82, 2.24) is 0 Å². The number of benzene rings is 3. The Morgan fingerprint density at radius 1 is 0.903 bits per heavy atom. The summed E-state index contributed by atoms with van der Waals surface area (Å²) in [4.78, 5) is 24.7. The predicted octanol–water partition coefficient (Wildman–Crippen LogP) is 6.35. The fourth-order valence-electron chi connectivity index (χ4n) is 2.89. The van der Waals surface area contributed by atoms with Crippen LogP contribution < -0.4 is 15.4 Å². The van der Waals surface area contributed by atoms with Crippen molar-refractivity contribution < 1.29 is 14.3 Å². The molecule has 5 nitrogen and oxygen atoms in total. The predicted molar refractivity (Wildman–Crippen MR) is 125 cm³/mol. The average Bonchev–Trinajstić information content (AvgIpc) is 2.72. The minimum Gasteiger partial charge on any atom is -0.492 e. The van der Waals surface area contributed by atoms with Crippen molar-refractivity contribution in [3.8, 4) is 5.75 Å². The standard InChI is InChI=1S/C24H22Cl2N2O3/c1-16-5-2-7-19(13-16)28-24(30)17-6-3-8-20(14-17)27-23(29)9-4-12-31-22-11-10-18(25)15-21(22)26/h2-3,5-8,10-11,13-15H,4,9,12H2,1H3,(H,27,29)(H,28,30). The zero-order valence-electron chi connectivity index (χ0n) is 17.0. The van der Waals surface area contributed by atoms with Crippen molar-refractivity contribution in [2.24, 2.45) is 0 Å². The number of anilines is 2. The number of aryl methyl sites for hydroxylation is 1. The van der Waals surface area contributed by atoms with E-state index in [1.165, 1.54) is 0 Å². The lowest BCUT2D eigenvalue weighted by molar-refractivity contribution is -0.116. The summed E-state index contributed by atoms with van der Waals surface area (Å²) >= 11 is 11.9. The van der Waals surface area contributed by atoms with E-state index in [2.05, 4.69) is 10.6 Å². The van der Waals surface area contributed by atoms with Crippen molar-refractivity contribution in [3.63, 3.8) is 0 Å². The first kappa shape index (κ1) is 22.7. The van der Waals surface area contributed by atoms with Crippen LogP contribution in [0.3, 0.4) is 0 Å². The summed E-state index contributed by atoms with van der Waals surface area (Å²) in [7, 11) is 0. The van der Waals surface area contributed by atoms with Crippen LogP contribution >= 0.6 is 23.2 Å². The molecule has 0 aliphatic heterocycles. The average molecular weight is 457 g/mol. The molecule has 3 aromatic carbocycles. The smallest absolute Gasteiger partial charge is 0.255 e. The van der Waals surface area contributed by atoms with Gasteiger partial charge in [0.1, 0.15) is 5.75 Å². The van der Waals surface area contributed by atoms with E-state index in [-0.39, 0.29) is 18.2 Å². The number of ether oxygens (including phenoxy) is 1. The zero-order valence-corrected chi connectivity index (χ0v) is 18.5. The third kappa shape index (κ3) is 7.02. The van der Waals surface area contributed by atoms with Gasteiger partial charge in [0.05, 0.1) is 11.6 Å². The monoisotopic (exact) mass is 456 g/mol. The third-order valence-electron chi connectivity index (χ3n) is 4.38. The summed E-state index contributed by atoms with van der Waals surface area (Å²) in [6.45, 7) is 2.30. The molecule has 0 saturated carbocycles. The lowest BCUT2D eigenvalue weighted by atomic mass is 10.1. The van der Waals surface area contributed by atoms with Crippen LogP contribution in [0.15, 0.2) is 66.7 Å². The lowest BCUT2D eigenvalue weighted by Gasteiger charge is -2.10. The second-order valence-corrected chi connectivity index (χ2v) is 7.82. The van der Waals surface area contributed by atoms with E-state index in [0.717, 1.165) is 11.3 Å². The second-order valence-electron chi connectivity index (χ2n) is 6.98.